The molecule has 2 aromatic carbocycles. The Morgan fingerprint density at radius 1 is 0.967 bits per heavy atom. The third kappa shape index (κ3) is 4.46. The van der Waals surface area contributed by atoms with Crippen molar-refractivity contribution in [2.45, 2.75) is 19.5 Å². The monoisotopic (exact) mass is 406 g/mol. The Hall–Kier alpha value is -3.32. The largest absolute Gasteiger partial charge is 0.497 e. The second-order valence-corrected chi connectivity index (χ2v) is 7.17. The number of methoxy groups -OCH3 is 3. The quantitative estimate of drug-likeness (QED) is 0.640. The van der Waals surface area contributed by atoms with E-state index in [9.17, 15) is 0 Å². The van der Waals surface area contributed by atoms with Gasteiger partial charge < -0.3 is 19.5 Å². The average Bonchev–Trinajstić information content (AvgIpc) is 2.80. The molecule has 7 nitrogen and oxygen atoms in total. The fourth-order valence-electron chi connectivity index (χ4n) is 3.58. The van der Waals surface area contributed by atoms with E-state index in [1.54, 1.807) is 21.3 Å². The van der Waals surface area contributed by atoms with Gasteiger partial charge in [0.15, 0.2) is 0 Å². The molecule has 156 valence electrons. The zero-order valence-electron chi connectivity index (χ0n) is 17.5. The minimum atomic E-state index is 0.570. The van der Waals surface area contributed by atoms with E-state index in [4.69, 9.17) is 19.2 Å². The third-order valence-electron chi connectivity index (χ3n) is 5.23. The van der Waals surface area contributed by atoms with Gasteiger partial charge in [0.25, 0.3) is 0 Å². The lowest BCUT2D eigenvalue weighted by molar-refractivity contribution is 0.243. The second-order valence-electron chi connectivity index (χ2n) is 7.17. The maximum absolute atomic E-state index is 5.45. The van der Waals surface area contributed by atoms with Gasteiger partial charge in [-0.2, -0.15) is 0 Å². The number of fused-ring (bicyclic) bond motifs is 1. The third-order valence-corrected chi connectivity index (χ3v) is 5.23. The van der Waals surface area contributed by atoms with E-state index >= 15 is 0 Å². The molecule has 1 aromatic heterocycles. The van der Waals surface area contributed by atoms with E-state index in [2.05, 4.69) is 27.3 Å². The topological polar surface area (TPSA) is 68.7 Å². The number of nitrogens with zero attached hydrogens (tertiary/aromatic N) is 3. The van der Waals surface area contributed by atoms with Crippen LogP contribution in [0.15, 0.2) is 48.7 Å². The Morgan fingerprint density at radius 2 is 1.73 bits per heavy atom. The highest BCUT2D eigenvalue weighted by Gasteiger charge is 2.19. The number of benzene rings is 2. The molecule has 1 aliphatic heterocycles. The van der Waals surface area contributed by atoms with E-state index in [0.29, 0.717) is 11.7 Å². The molecule has 1 N–H and O–H groups in total. The van der Waals surface area contributed by atoms with Gasteiger partial charge in [0, 0.05) is 43.9 Å². The predicted octanol–water partition coefficient (Wildman–Crippen LogP) is 3.80. The molecule has 0 unspecified atom stereocenters. The summed E-state index contributed by atoms with van der Waals surface area (Å²) < 4.78 is 15.9. The maximum Gasteiger partial charge on any atom is 0.227 e. The van der Waals surface area contributed by atoms with Crippen molar-refractivity contribution < 1.29 is 14.2 Å². The molecule has 1 aliphatic rings. The van der Waals surface area contributed by atoms with Crippen LogP contribution in [0.1, 0.15) is 16.8 Å². The molecule has 0 saturated carbocycles. The molecule has 0 bridgehead atoms. The highest BCUT2D eigenvalue weighted by atomic mass is 16.5. The van der Waals surface area contributed by atoms with Crippen molar-refractivity contribution >= 4 is 11.6 Å². The highest BCUT2D eigenvalue weighted by Crippen LogP contribution is 2.31. The van der Waals surface area contributed by atoms with Crippen LogP contribution < -0.4 is 19.5 Å². The van der Waals surface area contributed by atoms with Gasteiger partial charge in [-0.3, -0.25) is 4.90 Å². The fraction of sp³-hybridized carbons (Fsp3) is 0.304. The summed E-state index contributed by atoms with van der Waals surface area (Å²) in [7, 11) is 4.95. The first kappa shape index (κ1) is 20.0. The summed E-state index contributed by atoms with van der Waals surface area (Å²) >= 11 is 0. The molecule has 0 amide bonds. The first-order valence-corrected chi connectivity index (χ1v) is 9.87. The Kier molecular flexibility index (Phi) is 5.99. The van der Waals surface area contributed by atoms with Crippen LogP contribution in [-0.2, 0) is 19.5 Å². The Bertz CT molecular complexity index is 1010. The van der Waals surface area contributed by atoms with Gasteiger partial charge in [0.05, 0.1) is 32.7 Å². The molecule has 0 saturated heterocycles. The Morgan fingerprint density at radius 3 is 2.47 bits per heavy atom. The summed E-state index contributed by atoms with van der Waals surface area (Å²) in [4.78, 5) is 11.7. The van der Waals surface area contributed by atoms with Crippen LogP contribution in [0.5, 0.6) is 17.2 Å². The van der Waals surface area contributed by atoms with Crippen molar-refractivity contribution in [3.8, 4) is 17.2 Å². The number of hydrogen-bond donors (Lipinski definition) is 1. The van der Waals surface area contributed by atoms with E-state index in [1.807, 2.05) is 36.5 Å². The summed E-state index contributed by atoms with van der Waals surface area (Å²) in [5, 5.41) is 3.26. The molecule has 4 rings (SSSR count). The molecule has 0 atom stereocenters. The van der Waals surface area contributed by atoms with Crippen molar-refractivity contribution in [3.63, 3.8) is 0 Å². The second kappa shape index (κ2) is 9.00. The molecule has 30 heavy (non-hydrogen) atoms. The average molecular weight is 406 g/mol. The molecule has 0 radical (unpaired) electrons. The van der Waals surface area contributed by atoms with Crippen molar-refractivity contribution in [2.75, 3.05) is 33.2 Å². The van der Waals surface area contributed by atoms with E-state index < -0.39 is 0 Å². The van der Waals surface area contributed by atoms with Crippen molar-refractivity contribution in [3.05, 3.63) is 65.5 Å². The minimum absolute atomic E-state index is 0.570. The van der Waals surface area contributed by atoms with Gasteiger partial charge in [0.1, 0.15) is 17.2 Å². The maximum atomic E-state index is 5.45. The van der Waals surface area contributed by atoms with Crippen LogP contribution in [-0.4, -0.2) is 42.7 Å². The number of aromatic nitrogens is 2. The lowest BCUT2D eigenvalue weighted by Crippen LogP contribution is -2.31. The summed E-state index contributed by atoms with van der Waals surface area (Å²) in [6.07, 6.45) is 2.81. The van der Waals surface area contributed by atoms with Gasteiger partial charge in [-0.25, -0.2) is 9.97 Å². The first-order valence-electron chi connectivity index (χ1n) is 9.87. The van der Waals surface area contributed by atoms with Crippen LogP contribution in [0.2, 0.25) is 0 Å². The fourth-order valence-corrected chi connectivity index (χ4v) is 3.58. The van der Waals surface area contributed by atoms with Crippen LogP contribution in [0.3, 0.4) is 0 Å². The van der Waals surface area contributed by atoms with E-state index in [1.165, 1.54) is 11.1 Å². The number of anilines is 2. The number of nitrogens with one attached hydrogen (secondary N) is 1. The van der Waals surface area contributed by atoms with Gasteiger partial charge in [-0.1, -0.05) is 12.1 Å². The molecular weight excluding hydrogens is 380 g/mol. The van der Waals surface area contributed by atoms with Crippen LogP contribution in [0.4, 0.5) is 11.6 Å². The normalized spacial score (nSPS) is 13.4. The van der Waals surface area contributed by atoms with Crippen LogP contribution in [0.25, 0.3) is 0 Å². The van der Waals surface area contributed by atoms with Crippen LogP contribution >= 0.6 is 0 Å². The Balaban J connectivity index is 1.44. The lowest BCUT2D eigenvalue weighted by Gasteiger charge is -2.28. The predicted molar refractivity (Wildman–Crippen MR) is 116 cm³/mol. The summed E-state index contributed by atoms with van der Waals surface area (Å²) in [6, 6.07) is 13.8. The van der Waals surface area contributed by atoms with Crippen molar-refractivity contribution in [1.29, 1.82) is 0 Å². The van der Waals surface area contributed by atoms with Crippen molar-refractivity contribution in [2.24, 2.45) is 0 Å². The molecule has 7 heteroatoms. The standard InChI is InChI=1S/C23H26N4O3/c1-28-18-6-4-16(5-7-18)14-27-11-10-20-17(15-27)13-24-23(25-20)26-21-9-8-19(29-2)12-22(21)30-3/h4-9,12-13H,10-11,14-15H2,1-3H3,(H,24,25,26). The zero-order valence-corrected chi connectivity index (χ0v) is 17.5. The summed E-state index contributed by atoms with van der Waals surface area (Å²) in [6.45, 7) is 2.70. The smallest absolute Gasteiger partial charge is 0.227 e. The van der Waals surface area contributed by atoms with Gasteiger partial charge in [0.2, 0.25) is 5.95 Å². The van der Waals surface area contributed by atoms with E-state index in [0.717, 1.165) is 48.9 Å². The van der Waals surface area contributed by atoms with Gasteiger partial charge >= 0.3 is 0 Å². The molecular formula is C23H26N4O3. The number of rotatable bonds is 7. The Labute approximate surface area is 176 Å². The number of hydrogen-bond acceptors (Lipinski definition) is 7. The lowest BCUT2D eigenvalue weighted by atomic mass is 10.1. The van der Waals surface area contributed by atoms with Gasteiger partial charge in [-0.15, -0.1) is 0 Å². The van der Waals surface area contributed by atoms with Gasteiger partial charge in [-0.05, 0) is 29.8 Å². The zero-order chi connectivity index (χ0) is 20.9. The molecule has 2 heterocycles. The molecule has 0 aliphatic carbocycles. The minimum Gasteiger partial charge on any atom is -0.497 e. The van der Waals surface area contributed by atoms with E-state index in [-0.39, 0.29) is 0 Å². The first-order chi connectivity index (χ1) is 14.7. The number of ether oxygens (including phenoxy) is 3. The molecule has 0 spiro atoms. The summed E-state index contributed by atoms with van der Waals surface area (Å²) in [5.41, 5.74) is 4.33. The highest BCUT2D eigenvalue weighted by molar-refractivity contribution is 5.64. The molecule has 0 fully saturated rings. The SMILES string of the molecule is COc1ccc(CN2CCc3nc(Nc4ccc(OC)cc4OC)ncc3C2)cc1. The van der Waals surface area contributed by atoms with Crippen molar-refractivity contribution in [1.82, 2.24) is 14.9 Å². The molecule has 3 aromatic rings. The summed E-state index contributed by atoms with van der Waals surface area (Å²) in [5.74, 6) is 2.87. The van der Waals surface area contributed by atoms with Crippen LogP contribution in [0, 0.1) is 0 Å².